The van der Waals surface area contributed by atoms with E-state index in [4.69, 9.17) is 0 Å². The summed E-state index contributed by atoms with van der Waals surface area (Å²) in [5.74, 6) is -0.412. The van der Waals surface area contributed by atoms with Crippen LogP contribution in [0.5, 0.6) is 0 Å². The van der Waals surface area contributed by atoms with Gasteiger partial charge in [-0.25, -0.2) is 0 Å². The lowest BCUT2D eigenvalue weighted by Gasteiger charge is -2.16. The number of hydrogen-bond donors (Lipinski definition) is 0. The monoisotopic (exact) mass is 366 g/mol. The molecule has 22 heavy (non-hydrogen) atoms. The van der Waals surface area contributed by atoms with E-state index in [1.54, 1.807) is 17.8 Å². The molecule has 0 radical (unpaired) electrons. The zero-order valence-electron chi connectivity index (χ0n) is 12.2. The molecule has 1 aromatic heterocycles. The average molecular weight is 367 g/mol. The van der Waals surface area contributed by atoms with Gasteiger partial charge in [0.2, 0.25) is 0 Å². The predicted octanol–water partition coefficient (Wildman–Crippen LogP) is 2.85. The van der Waals surface area contributed by atoms with Crippen LogP contribution in [0.15, 0.2) is 34.9 Å². The Balaban J connectivity index is 2.22. The molecule has 0 atom stereocenters. The second kappa shape index (κ2) is 6.69. The highest BCUT2D eigenvalue weighted by Gasteiger charge is 2.23. The first-order valence-corrected chi connectivity index (χ1v) is 7.44. The lowest BCUT2D eigenvalue weighted by Crippen LogP contribution is -2.27. The summed E-state index contributed by atoms with van der Waals surface area (Å²) in [6.07, 6.45) is 1.83. The van der Waals surface area contributed by atoms with Gasteiger partial charge in [-0.05, 0) is 28.9 Å². The van der Waals surface area contributed by atoms with Crippen LogP contribution in [-0.4, -0.2) is 32.6 Å². The number of nitro groups is 1. The van der Waals surface area contributed by atoms with Gasteiger partial charge in [-0.15, -0.1) is 0 Å². The number of nitro benzene ring substituents is 1. The molecule has 0 saturated carbocycles. The van der Waals surface area contributed by atoms with Crippen molar-refractivity contribution in [2.24, 2.45) is 0 Å². The fourth-order valence-corrected chi connectivity index (χ4v) is 2.46. The number of halogens is 1. The third-order valence-electron chi connectivity index (χ3n) is 3.18. The molecule has 1 amide bonds. The molecular formula is C14H15BrN4O3. The van der Waals surface area contributed by atoms with Crippen LogP contribution in [0.4, 0.5) is 5.69 Å². The zero-order valence-corrected chi connectivity index (χ0v) is 13.8. The van der Waals surface area contributed by atoms with E-state index in [2.05, 4.69) is 21.0 Å². The Morgan fingerprint density at radius 2 is 2.14 bits per heavy atom. The standard InChI is InChI=1S/C14H15BrN4O3/c1-3-18-8-11(15)12(16-18)9-17(2)14(20)10-6-4-5-7-13(10)19(21)22/h4-8H,3,9H2,1-2H3. The number of para-hydroxylation sites is 1. The van der Waals surface area contributed by atoms with Crippen LogP contribution in [0.2, 0.25) is 0 Å². The highest BCUT2D eigenvalue weighted by Crippen LogP contribution is 2.21. The minimum absolute atomic E-state index is 0.0704. The molecule has 0 N–H and O–H groups in total. The van der Waals surface area contributed by atoms with Crippen LogP contribution in [0.1, 0.15) is 23.0 Å². The minimum Gasteiger partial charge on any atom is -0.335 e. The number of nitrogens with zero attached hydrogens (tertiary/aromatic N) is 4. The summed E-state index contributed by atoms with van der Waals surface area (Å²) in [6.45, 7) is 2.95. The molecule has 0 aliphatic rings. The number of carbonyl (C=O) groups is 1. The molecule has 2 rings (SSSR count). The minimum atomic E-state index is -0.553. The number of amides is 1. The van der Waals surface area contributed by atoms with E-state index in [1.807, 2.05) is 13.1 Å². The van der Waals surface area contributed by atoms with Gasteiger partial charge in [0.25, 0.3) is 11.6 Å². The van der Waals surface area contributed by atoms with Gasteiger partial charge in [-0.3, -0.25) is 19.6 Å². The van der Waals surface area contributed by atoms with Crippen molar-refractivity contribution in [1.29, 1.82) is 0 Å². The number of carbonyl (C=O) groups excluding carboxylic acids is 1. The zero-order chi connectivity index (χ0) is 16.3. The van der Waals surface area contributed by atoms with Gasteiger partial charge in [-0.1, -0.05) is 12.1 Å². The number of rotatable bonds is 5. The maximum Gasteiger partial charge on any atom is 0.282 e. The van der Waals surface area contributed by atoms with Gasteiger partial charge in [0.15, 0.2) is 0 Å². The van der Waals surface area contributed by atoms with Crippen LogP contribution in [0, 0.1) is 10.1 Å². The molecule has 7 nitrogen and oxygen atoms in total. The largest absolute Gasteiger partial charge is 0.335 e. The molecule has 0 spiro atoms. The average Bonchev–Trinajstić information content (AvgIpc) is 2.86. The van der Waals surface area contributed by atoms with Crippen LogP contribution < -0.4 is 0 Å². The molecule has 0 unspecified atom stereocenters. The van der Waals surface area contributed by atoms with Crippen LogP contribution in [-0.2, 0) is 13.1 Å². The van der Waals surface area contributed by atoms with E-state index in [0.29, 0.717) is 5.69 Å². The Hall–Kier alpha value is -2.22. The van der Waals surface area contributed by atoms with Gasteiger partial charge < -0.3 is 4.90 Å². The van der Waals surface area contributed by atoms with Crippen molar-refractivity contribution in [2.45, 2.75) is 20.0 Å². The summed E-state index contributed by atoms with van der Waals surface area (Å²) in [4.78, 5) is 24.3. The van der Waals surface area contributed by atoms with Crippen molar-refractivity contribution < 1.29 is 9.72 Å². The first-order chi connectivity index (χ1) is 10.4. The number of benzene rings is 1. The maximum atomic E-state index is 12.4. The highest BCUT2D eigenvalue weighted by molar-refractivity contribution is 9.10. The normalized spacial score (nSPS) is 10.5. The topological polar surface area (TPSA) is 81.3 Å². The van der Waals surface area contributed by atoms with Crippen LogP contribution >= 0.6 is 15.9 Å². The third-order valence-corrected chi connectivity index (χ3v) is 3.84. The number of hydrogen-bond acceptors (Lipinski definition) is 4. The Morgan fingerprint density at radius 1 is 1.45 bits per heavy atom. The number of aryl methyl sites for hydroxylation is 1. The third kappa shape index (κ3) is 3.33. The second-order valence-electron chi connectivity index (χ2n) is 4.71. The Bertz CT molecular complexity index is 714. The van der Waals surface area contributed by atoms with Crippen molar-refractivity contribution in [1.82, 2.24) is 14.7 Å². The molecule has 8 heteroatoms. The van der Waals surface area contributed by atoms with E-state index in [9.17, 15) is 14.9 Å². The van der Waals surface area contributed by atoms with Crippen molar-refractivity contribution in [3.8, 4) is 0 Å². The van der Waals surface area contributed by atoms with Crippen LogP contribution in [0.25, 0.3) is 0 Å². The molecule has 0 aliphatic heterocycles. The van der Waals surface area contributed by atoms with Gasteiger partial charge in [0.05, 0.1) is 21.6 Å². The molecule has 1 aromatic carbocycles. The summed E-state index contributed by atoms with van der Waals surface area (Å²) >= 11 is 3.40. The fourth-order valence-electron chi connectivity index (χ4n) is 2.02. The summed E-state index contributed by atoms with van der Waals surface area (Å²) in [7, 11) is 1.59. The molecule has 0 bridgehead atoms. The van der Waals surface area contributed by atoms with Crippen molar-refractivity contribution in [3.63, 3.8) is 0 Å². The lowest BCUT2D eigenvalue weighted by molar-refractivity contribution is -0.385. The molecule has 1 heterocycles. The van der Waals surface area contributed by atoms with Crippen molar-refractivity contribution in [3.05, 3.63) is 56.3 Å². The Kier molecular flexibility index (Phi) is 4.92. The van der Waals surface area contributed by atoms with Gasteiger partial charge in [0, 0.05) is 25.9 Å². The summed E-state index contributed by atoms with van der Waals surface area (Å²) < 4.78 is 2.56. The van der Waals surface area contributed by atoms with Crippen molar-refractivity contribution in [2.75, 3.05) is 7.05 Å². The van der Waals surface area contributed by atoms with E-state index >= 15 is 0 Å². The summed E-state index contributed by atoms with van der Waals surface area (Å²) in [5, 5.41) is 15.4. The molecule has 0 saturated heterocycles. The predicted molar refractivity (Wildman–Crippen MR) is 84.5 cm³/mol. The van der Waals surface area contributed by atoms with Gasteiger partial charge in [0.1, 0.15) is 5.56 Å². The molecule has 2 aromatic rings. The smallest absolute Gasteiger partial charge is 0.282 e. The first kappa shape index (κ1) is 16.2. The van der Waals surface area contributed by atoms with Crippen LogP contribution in [0.3, 0.4) is 0 Å². The van der Waals surface area contributed by atoms with Gasteiger partial charge in [-0.2, -0.15) is 5.10 Å². The van der Waals surface area contributed by atoms with E-state index in [0.717, 1.165) is 11.0 Å². The molecule has 0 fully saturated rings. The van der Waals surface area contributed by atoms with E-state index < -0.39 is 10.8 Å². The first-order valence-electron chi connectivity index (χ1n) is 6.64. The summed E-state index contributed by atoms with van der Waals surface area (Å²) in [5.41, 5.74) is 0.579. The summed E-state index contributed by atoms with van der Waals surface area (Å²) in [6, 6.07) is 5.92. The second-order valence-corrected chi connectivity index (χ2v) is 5.57. The fraction of sp³-hybridized carbons (Fsp3) is 0.286. The lowest BCUT2D eigenvalue weighted by atomic mass is 10.1. The quantitative estimate of drug-likeness (QED) is 0.601. The maximum absolute atomic E-state index is 12.4. The Morgan fingerprint density at radius 3 is 2.73 bits per heavy atom. The Labute approximate surface area is 135 Å². The highest BCUT2D eigenvalue weighted by atomic mass is 79.9. The SMILES string of the molecule is CCn1cc(Br)c(CN(C)C(=O)c2ccccc2[N+](=O)[O-])n1. The van der Waals surface area contributed by atoms with E-state index in [1.165, 1.54) is 23.1 Å². The molecule has 0 aliphatic carbocycles. The molecule has 116 valence electrons. The van der Waals surface area contributed by atoms with Gasteiger partial charge >= 0.3 is 0 Å². The number of aromatic nitrogens is 2. The van der Waals surface area contributed by atoms with Crippen molar-refractivity contribution >= 4 is 27.5 Å². The van der Waals surface area contributed by atoms with E-state index in [-0.39, 0.29) is 17.8 Å². The molecular weight excluding hydrogens is 352 g/mol.